The molecule has 0 aromatic heterocycles. The van der Waals surface area contributed by atoms with Gasteiger partial charge in [-0.2, -0.15) is 0 Å². The van der Waals surface area contributed by atoms with Gasteiger partial charge in [0.2, 0.25) is 0 Å². The lowest BCUT2D eigenvalue weighted by molar-refractivity contribution is 0.0766. The third kappa shape index (κ3) is 2.45. The lowest BCUT2D eigenvalue weighted by atomic mass is 10.1. The smallest absolute Gasteiger partial charge is 0.254 e. The summed E-state index contributed by atoms with van der Waals surface area (Å²) in [6.07, 6.45) is 0. The summed E-state index contributed by atoms with van der Waals surface area (Å²) < 4.78 is 5.12. The molecule has 0 fully saturated rings. The Labute approximate surface area is 118 Å². The highest BCUT2D eigenvalue weighted by Gasteiger charge is 2.27. The first-order chi connectivity index (χ1) is 9.78. The molecule has 102 valence electrons. The summed E-state index contributed by atoms with van der Waals surface area (Å²) in [4.78, 5) is 14.3. The fourth-order valence-corrected chi connectivity index (χ4v) is 2.60. The Morgan fingerprint density at radius 1 is 1.10 bits per heavy atom. The molecule has 0 saturated carbocycles. The predicted molar refractivity (Wildman–Crippen MR) is 77.2 cm³/mol. The van der Waals surface area contributed by atoms with Crippen LogP contribution in [0.25, 0.3) is 0 Å². The summed E-state index contributed by atoms with van der Waals surface area (Å²) in [5.74, 6) is 0.113. The second kappa shape index (κ2) is 5.47. The summed E-state index contributed by atoms with van der Waals surface area (Å²) in [7, 11) is 1.66. The zero-order chi connectivity index (χ0) is 13.9. The molecule has 0 aliphatic carbocycles. The number of amides is 1. The number of hydrogen-bond acceptors (Lipinski definition) is 2. The lowest BCUT2D eigenvalue weighted by Gasteiger charge is -2.15. The zero-order valence-electron chi connectivity index (χ0n) is 11.5. The zero-order valence-corrected chi connectivity index (χ0v) is 11.5. The minimum Gasteiger partial charge on any atom is -0.380 e. The van der Waals surface area contributed by atoms with E-state index < -0.39 is 0 Å². The van der Waals surface area contributed by atoms with Crippen molar-refractivity contribution in [1.82, 2.24) is 4.90 Å². The van der Waals surface area contributed by atoms with Gasteiger partial charge in [-0.25, -0.2) is 0 Å². The highest BCUT2D eigenvalue weighted by Crippen LogP contribution is 2.25. The van der Waals surface area contributed by atoms with Crippen molar-refractivity contribution < 1.29 is 9.53 Å². The molecule has 3 nitrogen and oxygen atoms in total. The number of rotatable bonds is 4. The van der Waals surface area contributed by atoms with Gasteiger partial charge in [0.05, 0.1) is 6.61 Å². The number of ether oxygens (including phenoxy) is 1. The predicted octanol–water partition coefficient (Wildman–Crippen LogP) is 2.99. The van der Waals surface area contributed by atoms with Crippen LogP contribution in [0.3, 0.4) is 0 Å². The van der Waals surface area contributed by atoms with Crippen molar-refractivity contribution >= 4 is 5.91 Å². The molecule has 0 N–H and O–H groups in total. The van der Waals surface area contributed by atoms with Gasteiger partial charge in [0.25, 0.3) is 5.91 Å². The molecule has 0 spiro atoms. The van der Waals surface area contributed by atoms with E-state index in [-0.39, 0.29) is 5.91 Å². The van der Waals surface area contributed by atoms with Gasteiger partial charge in [-0.05, 0) is 22.8 Å². The van der Waals surface area contributed by atoms with E-state index in [0.717, 1.165) is 22.3 Å². The molecule has 1 amide bonds. The minimum atomic E-state index is 0.113. The van der Waals surface area contributed by atoms with E-state index in [0.29, 0.717) is 19.7 Å². The van der Waals surface area contributed by atoms with Gasteiger partial charge in [0, 0.05) is 25.8 Å². The second-order valence-corrected chi connectivity index (χ2v) is 5.07. The number of benzene rings is 2. The van der Waals surface area contributed by atoms with Crippen molar-refractivity contribution in [3.05, 3.63) is 70.8 Å². The highest BCUT2D eigenvalue weighted by molar-refractivity contribution is 5.98. The first kappa shape index (κ1) is 12.9. The monoisotopic (exact) mass is 267 g/mol. The molecule has 0 saturated heterocycles. The van der Waals surface area contributed by atoms with E-state index >= 15 is 0 Å². The molecule has 0 unspecified atom stereocenters. The van der Waals surface area contributed by atoms with Crippen molar-refractivity contribution in [1.29, 1.82) is 0 Å². The van der Waals surface area contributed by atoms with Gasteiger partial charge in [0.1, 0.15) is 0 Å². The van der Waals surface area contributed by atoms with Crippen molar-refractivity contribution in [3.8, 4) is 0 Å². The lowest BCUT2D eigenvalue weighted by Crippen LogP contribution is -2.23. The number of hydrogen-bond donors (Lipinski definition) is 0. The Morgan fingerprint density at radius 3 is 2.65 bits per heavy atom. The Balaban J connectivity index is 1.80. The van der Waals surface area contributed by atoms with E-state index in [9.17, 15) is 4.79 Å². The molecule has 3 rings (SSSR count). The fourth-order valence-electron chi connectivity index (χ4n) is 2.60. The van der Waals surface area contributed by atoms with Crippen LogP contribution in [-0.4, -0.2) is 17.9 Å². The quantitative estimate of drug-likeness (QED) is 0.852. The van der Waals surface area contributed by atoms with Crippen molar-refractivity contribution in [2.45, 2.75) is 19.7 Å². The van der Waals surface area contributed by atoms with Crippen LogP contribution in [0, 0.1) is 0 Å². The van der Waals surface area contributed by atoms with E-state index in [1.807, 2.05) is 53.4 Å². The Hall–Kier alpha value is -2.13. The maximum Gasteiger partial charge on any atom is 0.254 e. The molecular formula is C17H17NO2. The topological polar surface area (TPSA) is 29.5 Å². The van der Waals surface area contributed by atoms with Crippen LogP contribution in [-0.2, 0) is 24.4 Å². The van der Waals surface area contributed by atoms with Gasteiger partial charge >= 0.3 is 0 Å². The minimum absolute atomic E-state index is 0.113. The van der Waals surface area contributed by atoms with Crippen LogP contribution in [0.5, 0.6) is 0 Å². The number of nitrogens with zero attached hydrogens (tertiary/aromatic N) is 1. The first-order valence-corrected chi connectivity index (χ1v) is 6.72. The third-order valence-electron chi connectivity index (χ3n) is 3.58. The molecule has 1 aliphatic rings. The normalized spacial score (nSPS) is 13.7. The number of carbonyl (C=O) groups is 1. The van der Waals surface area contributed by atoms with Gasteiger partial charge in [0.15, 0.2) is 0 Å². The second-order valence-electron chi connectivity index (χ2n) is 5.07. The van der Waals surface area contributed by atoms with E-state index in [1.54, 1.807) is 7.11 Å². The Bertz CT molecular complexity index is 622. The fraction of sp³-hybridized carbons (Fsp3) is 0.235. The molecule has 20 heavy (non-hydrogen) atoms. The molecule has 0 atom stereocenters. The van der Waals surface area contributed by atoms with Gasteiger partial charge < -0.3 is 9.64 Å². The summed E-state index contributed by atoms with van der Waals surface area (Å²) >= 11 is 0. The van der Waals surface area contributed by atoms with Gasteiger partial charge in [-0.15, -0.1) is 0 Å². The number of methoxy groups -OCH3 is 1. The van der Waals surface area contributed by atoms with Crippen LogP contribution in [0.4, 0.5) is 0 Å². The van der Waals surface area contributed by atoms with Crippen LogP contribution in [0.2, 0.25) is 0 Å². The maximum atomic E-state index is 12.4. The van der Waals surface area contributed by atoms with Crippen LogP contribution in [0.1, 0.15) is 27.0 Å². The Kier molecular flexibility index (Phi) is 3.52. The summed E-state index contributed by atoms with van der Waals surface area (Å²) in [5, 5.41) is 0. The molecule has 0 radical (unpaired) electrons. The van der Waals surface area contributed by atoms with Crippen molar-refractivity contribution in [2.24, 2.45) is 0 Å². The third-order valence-corrected chi connectivity index (χ3v) is 3.58. The first-order valence-electron chi connectivity index (χ1n) is 6.72. The van der Waals surface area contributed by atoms with E-state index in [4.69, 9.17) is 4.74 Å². The van der Waals surface area contributed by atoms with Crippen LogP contribution in [0.15, 0.2) is 48.5 Å². The van der Waals surface area contributed by atoms with E-state index in [2.05, 4.69) is 0 Å². The number of carbonyl (C=O) groups excluding carboxylic acids is 1. The molecular weight excluding hydrogens is 250 g/mol. The summed E-state index contributed by atoms with van der Waals surface area (Å²) in [6, 6.07) is 16.1. The average Bonchev–Trinajstić information content (AvgIpc) is 2.77. The largest absolute Gasteiger partial charge is 0.380 e. The molecule has 1 heterocycles. The van der Waals surface area contributed by atoms with Gasteiger partial charge in [-0.3, -0.25) is 4.79 Å². The maximum absolute atomic E-state index is 12.4. The van der Waals surface area contributed by atoms with E-state index in [1.165, 1.54) is 0 Å². The molecule has 2 aromatic carbocycles. The molecule has 3 heteroatoms. The van der Waals surface area contributed by atoms with Crippen molar-refractivity contribution in [2.75, 3.05) is 7.11 Å². The van der Waals surface area contributed by atoms with Crippen molar-refractivity contribution in [3.63, 3.8) is 0 Å². The number of fused-ring (bicyclic) bond motifs is 1. The summed E-state index contributed by atoms with van der Waals surface area (Å²) in [6.45, 7) is 1.89. The Morgan fingerprint density at radius 2 is 1.90 bits per heavy atom. The van der Waals surface area contributed by atoms with Gasteiger partial charge in [-0.1, -0.05) is 42.5 Å². The standard InChI is InChI=1S/C17H17NO2/c1-20-12-14-7-8-15-11-18(17(19)16(15)9-14)10-13-5-3-2-4-6-13/h2-9H,10-12H2,1H3. The average molecular weight is 267 g/mol. The highest BCUT2D eigenvalue weighted by atomic mass is 16.5. The molecule has 2 aromatic rings. The molecule has 1 aliphatic heterocycles. The SMILES string of the molecule is COCc1ccc2c(c1)C(=O)N(Cc1ccccc1)C2. The molecule has 0 bridgehead atoms. The summed E-state index contributed by atoms with van der Waals surface area (Å²) in [5.41, 5.74) is 4.12. The van der Waals surface area contributed by atoms with Crippen LogP contribution >= 0.6 is 0 Å². The van der Waals surface area contributed by atoms with Crippen LogP contribution < -0.4 is 0 Å².